The van der Waals surface area contributed by atoms with Gasteiger partial charge in [-0.15, -0.1) is 0 Å². The maximum atomic E-state index is 11.8. The fourth-order valence-corrected chi connectivity index (χ4v) is 4.20. The lowest BCUT2D eigenvalue weighted by Crippen LogP contribution is -2.51. The van der Waals surface area contributed by atoms with Crippen molar-refractivity contribution in [2.75, 3.05) is 13.2 Å². The van der Waals surface area contributed by atoms with Gasteiger partial charge in [-0.3, -0.25) is 4.79 Å². The first-order chi connectivity index (χ1) is 16.5. The van der Waals surface area contributed by atoms with Gasteiger partial charge in [-0.1, -0.05) is 122 Å². The number of rotatable bonds is 25. The quantitative estimate of drug-likeness (QED) is 0.108. The standard InChI is InChI=1S/C27H55NO6/c1-2-3-4-5-6-7-8-9-10-11-12-13-14-15-16-17-18-19-20-21-28-27(34)26(33)25(32)24(31)23(30)22-29/h23-26,29-33H,2-22H2,1H3,(H,28,34)/t23-,24-,25+,26-/m1/s1. The van der Waals surface area contributed by atoms with Crippen molar-refractivity contribution in [1.29, 1.82) is 0 Å². The van der Waals surface area contributed by atoms with Crippen molar-refractivity contribution < 1.29 is 30.3 Å². The van der Waals surface area contributed by atoms with E-state index in [9.17, 15) is 25.2 Å². The Hall–Kier alpha value is -0.730. The van der Waals surface area contributed by atoms with Crippen LogP contribution in [0, 0.1) is 0 Å². The van der Waals surface area contributed by atoms with Gasteiger partial charge in [-0.25, -0.2) is 0 Å². The number of carbonyl (C=O) groups excluding carboxylic acids is 1. The summed E-state index contributed by atoms with van der Waals surface area (Å²) < 4.78 is 0. The van der Waals surface area contributed by atoms with E-state index in [1.54, 1.807) is 0 Å². The second-order valence-electron chi connectivity index (χ2n) is 9.83. The van der Waals surface area contributed by atoms with Crippen LogP contribution in [0.1, 0.15) is 129 Å². The summed E-state index contributed by atoms with van der Waals surface area (Å²) in [4.78, 5) is 11.8. The van der Waals surface area contributed by atoms with Gasteiger partial charge in [0.25, 0.3) is 5.91 Å². The van der Waals surface area contributed by atoms with E-state index < -0.39 is 36.9 Å². The van der Waals surface area contributed by atoms with Crippen LogP contribution in [0.5, 0.6) is 0 Å². The van der Waals surface area contributed by atoms with Gasteiger partial charge < -0.3 is 30.8 Å². The first-order valence-corrected chi connectivity index (χ1v) is 14.1. The predicted molar refractivity (Wildman–Crippen MR) is 138 cm³/mol. The molecule has 0 saturated heterocycles. The van der Waals surface area contributed by atoms with Gasteiger partial charge in [0.2, 0.25) is 0 Å². The normalized spacial score (nSPS) is 15.1. The number of aliphatic hydroxyl groups is 5. The number of carbonyl (C=O) groups is 1. The van der Waals surface area contributed by atoms with Crippen molar-refractivity contribution in [2.24, 2.45) is 0 Å². The molecule has 6 N–H and O–H groups in total. The molecule has 0 aliphatic carbocycles. The van der Waals surface area contributed by atoms with Crippen LogP contribution in [0.4, 0.5) is 0 Å². The van der Waals surface area contributed by atoms with Gasteiger partial charge in [0.1, 0.15) is 18.3 Å². The van der Waals surface area contributed by atoms with E-state index in [1.165, 1.54) is 103 Å². The Bertz CT molecular complexity index is 451. The van der Waals surface area contributed by atoms with E-state index in [4.69, 9.17) is 5.11 Å². The summed E-state index contributed by atoms with van der Waals surface area (Å²) in [7, 11) is 0. The third-order valence-corrected chi connectivity index (χ3v) is 6.60. The number of nitrogens with one attached hydrogen (secondary N) is 1. The van der Waals surface area contributed by atoms with Crippen molar-refractivity contribution in [3.05, 3.63) is 0 Å². The largest absolute Gasteiger partial charge is 0.394 e. The van der Waals surface area contributed by atoms with Crippen LogP contribution >= 0.6 is 0 Å². The summed E-state index contributed by atoms with van der Waals surface area (Å²) in [6.45, 7) is 1.88. The SMILES string of the molecule is CCCCCCCCCCCCCCCCCCCCCNC(=O)[C@H](O)[C@@H](O)[C@H](O)[C@H](O)CO. The number of amides is 1. The molecule has 0 spiro atoms. The van der Waals surface area contributed by atoms with Gasteiger partial charge in [0, 0.05) is 6.54 Å². The predicted octanol–water partition coefficient (Wildman–Crippen LogP) is 3.97. The van der Waals surface area contributed by atoms with Crippen molar-refractivity contribution in [3.63, 3.8) is 0 Å². The highest BCUT2D eigenvalue weighted by atomic mass is 16.4. The van der Waals surface area contributed by atoms with Gasteiger partial charge in [-0.05, 0) is 6.42 Å². The second-order valence-corrected chi connectivity index (χ2v) is 9.83. The second kappa shape index (κ2) is 24.0. The monoisotopic (exact) mass is 489 g/mol. The molecule has 0 saturated carbocycles. The minimum Gasteiger partial charge on any atom is -0.394 e. The Morgan fingerprint density at radius 2 is 0.941 bits per heavy atom. The summed E-state index contributed by atoms with van der Waals surface area (Å²) in [6, 6.07) is 0. The molecular weight excluding hydrogens is 434 g/mol. The first kappa shape index (κ1) is 33.3. The van der Waals surface area contributed by atoms with E-state index in [0.29, 0.717) is 6.54 Å². The summed E-state index contributed by atoms with van der Waals surface area (Å²) in [5, 5.41) is 49.5. The van der Waals surface area contributed by atoms with E-state index in [0.717, 1.165) is 19.3 Å². The molecule has 0 rings (SSSR count). The Morgan fingerprint density at radius 3 is 1.29 bits per heavy atom. The molecule has 0 fully saturated rings. The van der Waals surface area contributed by atoms with Crippen LogP contribution in [-0.4, -0.2) is 69.0 Å². The third-order valence-electron chi connectivity index (χ3n) is 6.60. The summed E-state index contributed by atoms with van der Waals surface area (Å²) in [5.41, 5.74) is 0. The van der Waals surface area contributed by atoms with Gasteiger partial charge >= 0.3 is 0 Å². The Labute approximate surface area is 208 Å². The molecule has 0 unspecified atom stereocenters. The van der Waals surface area contributed by atoms with E-state index in [1.807, 2.05) is 0 Å². The summed E-state index contributed by atoms with van der Waals surface area (Å²) in [6.07, 6.45) is 17.6. The van der Waals surface area contributed by atoms with Gasteiger partial charge in [0.15, 0.2) is 6.10 Å². The molecule has 4 atom stereocenters. The van der Waals surface area contributed by atoms with Crippen molar-refractivity contribution in [2.45, 2.75) is 153 Å². The molecule has 0 bridgehead atoms. The smallest absolute Gasteiger partial charge is 0.251 e. The van der Waals surface area contributed by atoms with Crippen LogP contribution in [0.15, 0.2) is 0 Å². The van der Waals surface area contributed by atoms with E-state index in [-0.39, 0.29) is 0 Å². The molecule has 0 aromatic carbocycles. The highest BCUT2D eigenvalue weighted by Gasteiger charge is 2.33. The molecule has 7 heteroatoms. The molecule has 204 valence electrons. The van der Waals surface area contributed by atoms with Crippen molar-refractivity contribution in [3.8, 4) is 0 Å². The molecule has 0 radical (unpaired) electrons. The lowest BCUT2D eigenvalue weighted by atomic mass is 10.0. The molecule has 0 aromatic heterocycles. The minimum atomic E-state index is -1.85. The van der Waals surface area contributed by atoms with Gasteiger partial charge in [0.05, 0.1) is 6.61 Å². The van der Waals surface area contributed by atoms with E-state index in [2.05, 4.69) is 12.2 Å². The minimum absolute atomic E-state index is 0.389. The Kier molecular flexibility index (Phi) is 23.5. The average Bonchev–Trinajstić information content (AvgIpc) is 2.85. The molecule has 1 amide bonds. The molecule has 0 aliphatic rings. The Morgan fingerprint density at radius 1 is 0.588 bits per heavy atom. The lowest BCUT2D eigenvalue weighted by Gasteiger charge is -2.24. The van der Waals surface area contributed by atoms with Gasteiger partial charge in [-0.2, -0.15) is 0 Å². The highest BCUT2D eigenvalue weighted by Crippen LogP contribution is 2.14. The summed E-state index contributed by atoms with van der Waals surface area (Å²) in [5.74, 6) is -0.793. The van der Waals surface area contributed by atoms with Crippen molar-refractivity contribution in [1.82, 2.24) is 5.32 Å². The van der Waals surface area contributed by atoms with Crippen LogP contribution in [0.2, 0.25) is 0 Å². The molecule has 34 heavy (non-hydrogen) atoms. The third kappa shape index (κ3) is 18.6. The zero-order valence-electron chi connectivity index (χ0n) is 21.8. The average molecular weight is 490 g/mol. The van der Waals surface area contributed by atoms with Crippen LogP contribution in [0.3, 0.4) is 0 Å². The maximum absolute atomic E-state index is 11.8. The molecule has 0 aliphatic heterocycles. The highest BCUT2D eigenvalue weighted by molar-refractivity contribution is 5.81. The topological polar surface area (TPSA) is 130 Å². The van der Waals surface area contributed by atoms with Crippen molar-refractivity contribution >= 4 is 5.91 Å². The molecule has 0 heterocycles. The first-order valence-electron chi connectivity index (χ1n) is 14.1. The van der Waals surface area contributed by atoms with Crippen LogP contribution < -0.4 is 5.32 Å². The summed E-state index contributed by atoms with van der Waals surface area (Å²) >= 11 is 0. The van der Waals surface area contributed by atoms with Crippen LogP contribution in [0.25, 0.3) is 0 Å². The zero-order valence-corrected chi connectivity index (χ0v) is 21.8. The maximum Gasteiger partial charge on any atom is 0.251 e. The van der Waals surface area contributed by atoms with E-state index >= 15 is 0 Å². The number of unbranched alkanes of at least 4 members (excludes halogenated alkanes) is 18. The number of hydrogen-bond donors (Lipinski definition) is 6. The number of hydrogen-bond acceptors (Lipinski definition) is 6. The molecule has 7 nitrogen and oxygen atoms in total. The fourth-order valence-electron chi connectivity index (χ4n) is 4.20. The molecule has 0 aromatic rings. The fraction of sp³-hybridized carbons (Fsp3) is 0.963. The Balaban J connectivity index is 3.38. The molecular formula is C27H55NO6. The lowest BCUT2D eigenvalue weighted by molar-refractivity contribution is -0.148. The number of aliphatic hydroxyl groups excluding tert-OH is 5. The van der Waals surface area contributed by atoms with Crippen LogP contribution in [-0.2, 0) is 4.79 Å². The zero-order chi connectivity index (χ0) is 25.4.